The van der Waals surface area contributed by atoms with Crippen LogP contribution in [0.15, 0.2) is 48.5 Å². The Bertz CT molecular complexity index is 640. The molecule has 2 aromatic carbocycles. The topological polar surface area (TPSA) is 49.3 Å². The number of carbonyl (C=O) groups is 1. The van der Waals surface area contributed by atoms with Gasteiger partial charge in [0.15, 0.2) is 0 Å². The average Bonchev–Trinajstić information content (AvgIpc) is 3.09. The molecule has 0 aromatic heterocycles. The average molecular weight is 309 g/mol. The van der Waals surface area contributed by atoms with E-state index in [0.717, 1.165) is 30.0 Å². The number of carbonyl (C=O) groups excluding carboxylic acids is 1. The molecule has 1 aliphatic rings. The lowest BCUT2D eigenvalue weighted by molar-refractivity contribution is 0.0951. The van der Waals surface area contributed by atoms with Gasteiger partial charge in [-0.05, 0) is 47.7 Å². The van der Waals surface area contributed by atoms with Gasteiger partial charge in [-0.1, -0.05) is 49.9 Å². The predicted molar refractivity (Wildman–Crippen MR) is 92.5 cm³/mol. The van der Waals surface area contributed by atoms with Gasteiger partial charge in [0.05, 0.1) is 0 Å². The maximum absolute atomic E-state index is 12.2. The van der Waals surface area contributed by atoms with E-state index in [2.05, 4.69) is 5.32 Å². The largest absolute Gasteiger partial charge is 0.508 e. The normalized spacial score (nSPS) is 14.8. The number of rotatable bonds is 5. The van der Waals surface area contributed by atoms with Gasteiger partial charge < -0.3 is 10.4 Å². The number of hydrogen-bond acceptors (Lipinski definition) is 2. The van der Waals surface area contributed by atoms with Crippen LogP contribution in [-0.2, 0) is 0 Å². The highest BCUT2D eigenvalue weighted by atomic mass is 16.3. The van der Waals surface area contributed by atoms with Crippen molar-refractivity contribution in [2.45, 2.75) is 32.1 Å². The zero-order valence-corrected chi connectivity index (χ0v) is 13.3. The Morgan fingerprint density at radius 1 is 0.957 bits per heavy atom. The molecule has 2 aromatic rings. The van der Waals surface area contributed by atoms with Crippen LogP contribution in [-0.4, -0.2) is 17.6 Å². The highest BCUT2D eigenvalue weighted by Gasteiger charge is 2.15. The molecule has 0 heterocycles. The van der Waals surface area contributed by atoms with Gasteiger partial charge in [0.2, 0.25) is 0 Å². The highest BCUT2D eigenvalue weighted by molar-refractivity contribution is 5.94. The van der Waals surface area contributed by atoms with Gasteiger partial charge in [-0.25, -0.2) is 0 Å². The zero-order chi connectivity index (χ0) is 16.1. The summed E-state index contributed by atoms with van der Waals surface area (Å²) in [6.07, 6.45) is 6.42. The summed E-state index contributed by atoms with van der Waals surface area (Å²) in [6, 6.07) is 14.7. The lowest BCUT2D eigenvalue weighted by atomic mass is 10.0. The number of hydrogen-bond donors (Lipinski definition) is 2. The zero-order valence-electron chi connectivity index (χ0n) is 13.3. The molecule has 1 amide bonds. The molecule has 23 heavy (non-hydrogen) atoms. The van der Waals surface area contributed by atoms with Gasteiger partial charge in [-0.2, -0.15) is 0 Å². The fraction of sp³-hybridized carbons (Fsp3) is 0.350. The first kappa shape index (κ1) is 15.6. The molecule has 0 saturated heterocycles. The molecule has 3 nitrogen and oxygen atoms in total. The van der Waals surface area contributed by atoms with E-state index in [1.54, 1.807) is 12.1 Å². The summed E-state index contributed by atoms with van der Waals surface area (Å²) in [5.41, 5.74) is 2.75. The van der Waals surface area contributed by atoms with E-state index >= 15 is 0 Å². The third kappa shape index (κ3) is 4.13. The first-order valence-corrected chi connectivity index (χ1v) is 8.40. The summed E-state index contributed by atoms with van der Waals surface area (Å²) in [5.74, 6) is 1.06. The molecule has 0 spiro atoms. The molecule has 3 heteroatoms. The van der Waals surface area contributed by atoms with Crippen LogP contribution in [0.3, 0.4) is 0 Å². The maximum Gasteiger partial charge on any atom is 0.251 e. The van der Waals surface area contributed by atoms with Gasteiger partial charge in [0.25, 0.3) is 5.91 Å². The monoisotopic (exact) mass is 309 g/mol. The lowest BCUT2D eigenvalue weighted by Gasteiger charge is -2.10. The molecule has 0 bridgehead atoms. The number of phenolic OH excluding ortho intramolecular Hbond substituents is 1. The Kier molecular flexibility index (Phi) is 4.96. The summed E-state index contributed by atoms with van der Waals surface area (Å²) in [6.45, 7) is 0.767. The van der Waals surface area contributed by atoms with Crippen LogP contribution in [0, 0.1) is 5.92 Å². The van der Waals surface area contributed by atoms with E-state index < -0.39 is 0 Å². The van der Waals surface area contributed by atoms with Gasteiger partial charge in [0.1, 0.15) is 5.75 Å². The predicted octanol–water partition coefficient (Wildman–Crippen LogP) is 4.37. The van der Waals surface area contributed by atoms with Crippen molar-refractivity contribution in [1.29, 1.82) is 0 Å². The standard InChI is InChI=1S/C20H23NO2/c22-19-11-9-17(10-12-19)16-5-7-18(8-6-16)20(23)21-14-13-15-3-1-2-4-15/h5-12,15,22H,1-4,13-14H2,(H,21,23). The summed E-state index contributed by atoms with van der Waals surface area (Å²) in [5, 5.41) is 12.3. The maximum atomic E-state index is 12.2. The number of aromatic hydroxyl groups is 1. The Hall–Kier alpha value is -2.29. The molecular formula is C20H23NO2. The molecule has 120 valence electrons. The lowest BCUT2D eigenvalue weighted by Crippen LogP contribution is -2.25. The van der Waals surface area contributed by atoms with Gasteiger partial charge >= 0.3 is 0 Å². The first-order valence-electron chi connectivity index (χ1n) is 8.40. The second-order valence-corrected chi connectivity index (χ2v) is 6.32. The van der Waals surface area contributed by atoms with Gasteiger partial charge in [-0.3, -0.25) is 4.79 Å². The van der Waals surface area contributed by atoms with E-state index in [4.69, 9.17) is 0 Å². The minimum atomic E-state index is 0.000234. The third-order valence-corrected chi connectivity index (χ3v) is 4.66. The van der Waals surface area contributed by atoms with Crippen LogP contribution in [0.2, 0.25) is 0 Å². The molecule has 1 aliphatic carbocycles. The van der Waals surface area contributed by atoms with E-state index in [1.165, 1.54) is 25.7 Å². The minimum Gasteiger partial charge on any atom is -0.508 e. The molecule has 0 unspecified atom stereocenters. The SMILES string of the molecule is O=C(NCCC1CCCC1)c1ccc(-c2ccc(O)cc2)cc1. The van der Waals surface area contributed by atoms with Crippen molar-refractivity contribution >= 4 is 5.91 Å². The van der Waals surface area contributed by atoms with Crippen molar-refractivity contribution in [1.82, 2.24) is 5.32 Å². The molecule has 3 rings (SSSR count). The Labute approximate surface area is 137 Å². The van der Waals surface area contributed by atoms with Gasteiger partial charge in [-0.15, -0.1) is 0 Å². The first-order chi connectivity index (χ1) is 11.2. The Morgan fingerprint density at radius 2 is 1.52 bits per heavy atom. The number of phenols is 1. The fourth-order valence-electron chi connectivity index (χ4n) is 3.26. The van der Waals surface area contributed by atoms with Crippen molar-refractivity contribution in [3.05, 3.63) is 54.1 Å². The summed E-state index contributed by atoms with van der Waals surface area (Å²) >= 11 is 0. The third-order valence-electron chi connectivity index (χ3n) is 4.66. The van der Waals surface area contributed by atoms with E-state index in [-0.39, 0.29) is 11.7 Å². The van der Waals surface area contributed by atoms with Crippen LogP contribution in [0.1, 0.15) is 42.5 Å². The number of nitrogens with one attached hydrogen (secondary N) is 1. The van der Waals surface area contributed by atoms with Crippen LogP contribution in [0.25, 0.3) is 11.1 Å². The number of benzene rings is 2. The molecule has 1 fully saturated rings. The smallest absolute Gasteiger partial charge is 0.251 e. The Morgan fingerprint density at radius 3 is 2.13 bits per heavy atom. The Balaban J connectivity index is 1.55. The summed E-state index contributed by atoms with van der Waals surface area (Å²) in [4.78, 5) is 12.2. The molecule has 0 aliphatic heterocycles. The van der Waals surface area contributed by atoms with E-state index in [9.17, 15) is 9.90 Å². The van der Waals surface area contributed by atoms with Crippen LogP contribution in [0.5, 0.6) is 5.75 Å². The highest BCUT2D eigenvalue weighted by Crippen LogP contribution is 2.27. The molecule has 0 radical (unpaired) electrons. The molecule has 2 N–H and O–H groups in total. The van der Waals surface area contributed by atoms with Crippen LogP contribution >= 0.6 is 0 Å². The van der Waals surface area contributed by atoms with Crippen molar-refractivity contribution in [3.8, 4) is 16.9 Å². The van der Waals surface area contributed by atoms with E-state index in [1.807, 2.05) is 36.4 Å². The van der Waals surface area contributed by atoms with Crippen molar-refractivity contribution in [3.63, 3.8) is 0 Å². The molecule has 0 atom stereocenters. The number of amides is 1. The van der Waals surface area contributed by atoms with E-state index in [0.29, 0.717) is 5.56 Å². The van der Waals surface area contributed by atoms with Gasteiger partial charge in [0, 0.05) is 12.1 Å². The fourth-order valence-corrected chi connectivity index (χ4v) is 3.26. The van der Waals surface area contributed by atoms with Crippen molar-refractivity contribution < 1.29 is 9.90 Å². The van der Waals surface area contributed by atoms with Crippen molar-refractivity contribution in [2.75, 3.05) is 6.54 Å². The minimum absolute atomic E-state index is 0.000234. The quantitative estimate of drug-likeness (QED) is 0.861. The summed E-state index contributed by atoms with van der Waals surface area (Å²) in [7, 11) is 0. The second-order valence-electron chi connectivity index (χ2n) is 6.32. The second kappa shape index (κ2) is 7.32. The van der Waals surface area contributed by atoms with Crippen molar-refractivity contribution in [2.24, 2.45) is 5.92 Å². The molecule has 1 saturated carbocycles. The molecular weight excluding hydrogens is 286 g/mol. The van der Waals surface area contributed by atoms with Crippen LogP contribution < -0.4 is 5.32 Å². The summed E-state index contributed by atoms with van der Waals surface area (Å²) < 4.78 is 0. The van der Waals surface area contributed by atoms with Crippen LogP contribution in [0.4, 0.5) is 0 Å².